The molecule has 0 saturated heterocycles. The number of nitrogens with zero attached hydrogens (tertiary/aromatic N) is 1. The standard InChI is InChI=1S/C18H10ClF3N/c19-15-9-5-13(6-10-15)17-16(2-1-11-23-17)12-3-7-14(8-4-12)18(20,21)22/h2-11H. The van der Waals surface area contributed by atoms with Gasteiger partial charge in [-0.1, -0.05) is 35.9 Å². The number of rotatable bonds is 2. The van der Waals surface area contributed by atoms with Crippen molar-refractivity contribution in [2.45, 2.75) is 6.18 Å². The van der Waals surface area contributed by atoms with Crippen LogP contribution in [-0.4, -0.2) is 4.98 Å². The molecule has 2 aromatic carbocycles. The van der Waals surface area contributed by atoms with Crippen molar-refractivity contribution >= 4 is 11.6 Å². The first kappa shape index (κ1) is 15.6. The van der Waals surface area contributed by atoms with Crippen LogP contribution < -0.4 is 0 Å². The predicted molar refractivity (Wildman–Crippen MR) is 84.0 cm³/mol. The van der Waals surface area contributed by atoms with E-state index >= 15 is 0 Å². The minimum absolute atomic E-state index is 0.604. The lowest BCUT2D eigenvalue weighted by atomic mass is 9.98. The number of hydrogen-bond donors (Lipinski definition) is 0. The predicted octanol–water partition coefficient (Wildman–Crippen LogP) is 5.89. The third kappa shape index (κ3) is 3.37. The van der Waals surface area contributed by atoms with E-state index in [-0.39, 0.29) is 0 Å². The van der Waals surface area contributed by atoms with Crippen molar-refractivity contribution in [2.24, 2.45) is 0 Å². The first-order valence-corrected chi connectivity index (χ1v) is 7.12. The van der Waals surface area contributed by atoms with Gasteiger partial charge in [0.25, 0.3) is 0 Å². The molecule has 0 bridgehead atoms. The van der Waals surface area contributed by atoms with Crippen molar-refractivity contribution in [1.29, 1.82) is 0 Å². The van der Waals surface area contributed by atoms with Gasteiger partial charge in [-0.2, -0.15) is 13.2 Å². The Morgan fingerprint density at radius 3 is 2.09 bits per heavy atom. The molecule has 3 aromatic rings. The van der Waals surface area contributed by atoms with Crippen LogP contribution in [0.1, 0.15) is 5.56 Å². The highest BCUT2D eigenvalue weighted by Gasteiger charge is 2.30. The Bertz CT molecular complexity index is 809. The van der Waals surface area contributed by atoms with E-state index in [1.54, 1.807) is 18.2 Å². The van der Waals surface area contributed by atoms with Crippen LogP contribution in [0.3, 0.4) is 0 Å². The summed E-state index contributed by atoms with van der Waals surface area (Å²) < 4.78 is 38.0. The van der Waals surface area contributed by atoms with Gasteiger partial charge in [0.1, 0.15) is 0 Å². The van der Waals surface area contributed by atoms with Crippen LogP contribution in [0.5, 0.6) is 0 Å². The Kier molecular flexibility index (Phi) is 4.09. The zero-order valence-electron chi connectivity index (χ0n) is 11.7. The lowest BCUT2D eigenvalue weighted by molar-refractivity contribution is -0.137. The molecule has 0 N–H and O–H groups in total. The maximum atomic E-state index is 12.7. The molecular weight excluding hydrogens is 323 g/mol. The summed E-state index contributed by atoms with van der Waals surface area (Å²) in [6.45, 7) is 0. The second kappa shape index (κ2) is 6.05. The number of alkyl halides is 3. The molecule has 3 rings (SSSR count). The second-order valence-corrected chi connectivity index (χ2v) is 5.35. The Balaban J connectivity index is 2.05. The molecule has 0 atom stereocenters. The van der Waals surface area contributed by atoms with Gasteiger partial charge >= 0.3 is 6.18 Å². The average molecular weight is 333 g/mol. The van der Waals surface area contributed by atoms with Crippen LogP contribution in [0.4, 0.5) is 13.2 Å². The van der Waals surface area contributed by atoms with E-state index in [1.807, 2.05) is 12.1 Å². The van der Waals surface area contributed by atoms with Crippen molar-refractivity contribution in [2.75, 3.05) is 0 Å². The smallest absolute Gasteiger partial charge is 0.255 e. The average Bonchev–Trinajstić information content (AvgIpc) is 2.55. The van der Waals surface area contributed by atoms with Crippen LogP contribution in [-0.2, 0) is 6.18 Å². The molecule has 115 valence electrons. The summed E-state index contributed by atoms with van der Waals surface area (Å²) in [6.07, 6.45) is -2.82. The fourth-order valence-corrected chi connectivity index (χ4v) is 2.38. The van der Waals surface area contributed by atoms with E-state index in [2.05, 4.69) is 11.1 Å². The van der Waals surface area contributed by atoms with Gasteiger partial charge in [-0.3, -0.25) is 4.98 Å². The molecular formula is C18H10ClF3N. The fraction of sp³-hybridized carbons (Fsp3) is 0.0556. The van der Waals surface area contributed by atoms with Gasteiger partial charge < -0.3 is 0 Å². The molecule has 0 aliphatic carbocycles. The highest BCUT2D eigenvalue weighted by Crippen LogP contribution is 2.34. The van der Waals surface area contributed by atoms with E-state index in [0.717, 1.165) is 17.7 Å². The largest absolute Gasteiger partial charge is 0.416 e. The Labute approximate surface area is 136 Å². The van der Waals surface area contributed by atoms with Crippen molar-refractivity contribution in [3.05, 3.63) is 77.4 Å². The number of benzene rings is 2. The van der Waals surface area contributed by atoms with E-state index in [0.29, 0.717) is 21.8 Å². The lowest BCUT2D eigenvalue weighted by Gasteiger charge is -2.11. The third-order valence-corrected chi connectivity index (χ3v) is 3.64. The molecule has 23 heavy (non-hydrogen) atoms. The summed E-state index contributed by atoms with van der Waals surface area (Å²) in [5, 5.41) is 0.604. The molecule has 1 radical (unpaired) electrons. The molecule has 0 aliphatic rings. The summed E-state index contributed by atoms with van der Waals surface area (Å²) >= 11 is 5.88. The van der Waals surface area contributed by atoms with Crippen molar-refractivity contribution in [3.8, 4) is 22.4 Å². The van der Waals surface area contributed by atoms with E-state index < -0.39 is 11.7 Å². The summed E-state index contributed by atoms with van der Waals surface area (Å²) in [6, 6.07) is 16.7. The van der Waals surface area contributed by atoms with Crippen LogP contribution in [0.15, 0.2) is 60.8 Å². The van der Waals surface area contributed by atoms with Gasteiger partial charge in [-0.15, -0.1) is 0 Å². The van der Waals surface area contributed by atoms with Gasteiger partial charge in [-0.25, -0.2) is 0 Å². The van der Waals surface area contributed by atoms with Crippen molar-refractivity contribution in [3.63, 3.8) is 0 Å². The maximum absolute atomic E-state index is 12.7. The van der Waals surface area contributed by atoms with Crippen molar-refractivity contribution < 1.29 is 13.2 Å². The third-order valence-electron chi connectivity index (χ3n) is 3.39. The van der Waals surface area contributed by atoms with Gasteiger partial charge in [0.05, 0.1) is 11.3 Å². The van der Waals surface area contributed by atoms with Crippen LogP contribution in [0, 0.1) is 6.07 Å². The molecule has 1 aromatic heterocycles. The highest BCUT2D eigenvalue weighted by molar-refractivity contribution is 6.30. The molecule has 1 heterocycles. The summed E-state index contributed by atoms with van der Waals surface area (Å²) in [7, 11) is 0. The number of pyridine rings is 1. The molecule has 0 aliphatic heterocycles. The second-order valence-electron chi connectivity index (χ2n) is 4.91. The van der Waals surface area contributed by atoms with Crippen LogP contribution >= 0.6 is 11.6 Å². The summed E-state index contributed by atoms with van der Waals surface area (Å²) in [4.78, 5) is 4.31. The number of hydrogen-bond acceptors (Lipinski definition) is 1. The molecule has 0 saturated carbocycles. The molecule has 0 fully saturated rings. The quantitative estimate of drug-likeness (QED) is 0.570. The Morgan fingerprint density at radius 1 is 0.870 bits per heavy atom. The number of aromatic nitrogens is 1. The molecule has 0 unspecified atom stereocenters. The van der Waals surface area contributed by atoms with E-state index in [9.17, 15) is 13.2 Å². The lowest BCUT2D eigenvalue weighted by Crippen LogP contribution is -2.04. The zero-order valence-corrected chi connectivity index (χ0v) is 12.5. The van der Waals surface area contributed by atoms with Gasteiger partial charge in [-0.05, 0) is 35.9 Å². The summed E-state index contributed by atoms with van der Waals surface area (Å²) in [5.74, 6) is 0. The summed E-state index contributed by atoms with van der Waals surface area (Å²) in [5.41, 5.74) is 2.18. The minimum atomic E-state index is -4.35. The fourth-order valence-electron chi connectivity index (χ4n) is 2.26. The molecule has 0 amide bonds. The van der Waals surface area contributed by atoms with Gasteiger partial charge in [0, 0.05) is 28.4 Å². The monoisotopic (exact) mass is 332 g/mol. The minimum Gasteiger partial charge on any atom is -0.255 e. The molecule has 0 spiro atoms. The molecule has 1 nitrogen and oxygen atoms in total. The maximum Gasteiger partial charge on any atom is 0.416 e. The highest BCUT2D eigenvalue weighted by atomic mass is 35.5. The zero-order chi connectivity index (χ0) is 16.4. The topological polar surface area (TPSA) is 12.9 Å². The van der Waals surface area contributed by atoms with Gasteiger partial charge in [0.2, 0.25) is 0 Å². The number of halogens is 4. The van der Waals surface area contributed by atoms with E-state index in [1.165, 1.54) is 18.3 Å². The SMILES string of the molecule is FC(F)(F)c1ccc(-c2c[c]cnc2-c2ccc(Cl)cc2)cc1. The van der Waals surface area contributed by atoms with E-state index in [4.69, 9.17) is 11.6 Å². The van der Waals surface area contributed by atoms with Crippen molar-refractivity contribution in [1.82, 2.24) is 4.98 Å². The van der Waals surface area contributed by atoms with Crippen LogP contribution in [0.2, 0.25) is 5.02 Å². The Morgan fingerprint density at radius 2 is 1.48 bits per heavy atom. The normalized spacial score (nSPS) is 11.5. The Hall–Kier alpha value is -2.33. The molecule has 5 heteroatoms. The van der Waals surface area contributed by atoms with Gasteiger partial charge in [0.15, 0.2) is 0 Å². The first-order chi connectivity index (χ1) is 10.9. The van der Waals surface area contributed by atoms with Crippen LogP contribution in [0.25, 0.3) is 22.4 Å². The first-order valence-electron chi connectivity index (χ1n) is 6.75.